The molecule has 2 heterocycles. The lowest BCUT2D eigenvalue weighted by Crippen LogP contribution is -2.19. The van der Waals surface area contributed by atoms with Crippen molar-refractivity contribution in [3.63, 3.8) is 0 Å². The molecule has 7 heteroatoms. The van der Waals surface area contributed by atoms with Gasteiger partial charge in [-0.2, -0.15) is 5.10 Å². The molecular weight excluding hydrogens is 209 g/mol. The predicted octanol–water partition coefficient (Wildman–Crippen LogP) is -1.01. The summed E-state index contributed by atoms with van der Waals surface area (Å²) < 4.78 is 6.02. The zero-order valence-corrected chi connectivity index (χ0v) is 8.56. The van der Waals surface area contributed by atoms with Crippen LogP contribution in [0, 0.1) is 0 Å². The maximum Gasteiger partial charge on any atom is 0.340 e. The average molecular weight is 217 g/mol. The first-order chi connectivity index (χ1) is 7.65. The van der Waals surface area contributed by atoms with Gasteiger partial charge >= 0.3 is 5.97 Å². The quantitative estimate of drug-likeness (QED) is 0.516. The lowest BCUT2D eigenvalue weighted by molar-refractivity contribution is 0.0528. The third kappa shape index (κ3) is 1.50. The molecule has 0 fully saturated rings. The molecule has 0 amide bonds. The highest BCUT2D eigenvalue weighted by atomic mass is 16.5. The van der Waals surface area contributed by atoms with E-state index >= 15 is 0 Å². The molecule has 1 N–H and O–H groups in total. The Morgan fingerprint density at radius 2 is 2.44 bits per heavy atom. The van der Waals surface area contributed by atoms with E-state index < -0.39 is 11.5 Å². The van der Waals surface area contributed by atoms with Crippen molar-refractivity contribution in [2.45, 2.75) is 6.92 Å². The van der Waals surface area contributed by atoms with Crippen molar-refractivity contribution >= 4 is 24.9 Å². The number of aromatic nitrogens is 3. The Bertz CT molecular complexity index is 602. The summed E-state index contributed by atoms with van der Waals surface area (Å²) in [5.41, 5.74) is -0.00828. The van der Waals surface area contributed by atoms with Gasteiger partial charge in [-0.05, 0) is 18.6 Å². The topological polar surface area (TPSA) is 76.5 Å². The molecule has 0 aliphatic heterocycles. The summed E-state index contributed by atoms with van der Waals surface area (Å²) in [5, 5.41) is 3.83. The first-order valence-electron chi connectivity index (χ1n) is 4.67. The van der Waals surface area contributed by atoms with Gasteiger partial charge in [0.2, 0.25) is 0 Å². The van der Waals surface area contributed by atoms with Gasteiger partial charge in [0.1, 0.15) is 19.7 Å². The fourth-order valence-corrected chi connectivity index (χ4v) is 1.44. The van der Waals surface area contributed by atoms with Gasteiger partial charge in [0.25, 0.3) is 5.56 Å². The van der Waals surface area contributed by atoms with Crippen LogP contribution in [0.1, 0.15) is 17.3 Å². The van der Waals surface area contributed by atoms with Gasteiger partial charge in [-0.1, -0.05) is 0 Å². The van der Waals surface area contributed by atoms with Gasteiger partial charge < -0.3 is 9.72 Å². The molecule has 6 nitrogen and oxygen atoms in total. The highest BCUT2D eigenvalue weighted by molar-refractivity contribution is 6.32. The Labute approximate surface area is 91.6 Å². The largest absolute Gasteiger partial charge is 0.462 e. The molecule has 16 heavy (non-hydrogen) atoms. The first-order valence-corrected chi connectivity index (χ1v) is 4.67. The number of carbonyl (C=O) groups is 1. The molecule has 0 bridgehead atoms. The minimum Gasteiger partial charge on any atom is -0.462 e. The number of nitrogens with one attached hydrogen (secondary N) is 1. The van der Waals surface area contributed by atoms with E-state index in [1.165, 1.54) is 16.9 Å². The van der Waals surface area contributed by atoms with Crippen molar-refractivity contribution in [2.75, 3.05) is 6.61 Å². The Morgan fingerprint density at radius 3 is 3.12 bits per heavy atom. The zero-order chi connectivity index (χ0) is 11.7. The molecule has 0 aliphatic carbocycles. The second kappa shape index (κ2) is 3.84. The van der Waals surface area contributed by atoms with E-state index in [1.807, 2.05) is 0 Å². The number of rotatable bonds is 2. The van der Waals surface area contributed by atoms with E-state index in [1.54, 1.807) is 6.92 Å². The maximum absolute atomic E-state index is 11.6. The first kappa shape index (κ1) is 10.5. The van der Waals surface area contributed by atoms with Crippen LogP contribution >= 0.6 is 0 Å². The molecule has 0 saturated carbocycles. The van der Waals surface area contributed by atoms with Crippen LogP contribution < -0.4 is 11.2 Å². The number of hydrogen-bond acceptors (Lipinski definition) is 4. The molecular formula is C9H8BN3O3. The van der Waals surface area contributed by atoms with Gasteiger partial charge in [0.05, 0.1) is 12.2 Å². The lowest BCUT2D eigenvalue weighted by atomic mass is 10.1. The van der Waals surface area contributed by atoms with Crippen LogP contribution in [0.2, 0.25) is 0 Å². The second-order valence-corrected chi connectivity index (χ2v) is 3.08. The van der Waals surface area contributed by atoms with Gasteiger partial charge in [-0.25, -0.2) is 9.31 Å². The Hall–Kier alpha value is -2.05. The number of aromatic amines is 1. The number of fused-ring (bicyclic) bond motifs is 1. The Morgan fingerprint density at radius 1 is 1.69 bits per heavy atom. The predicted molar refractivity (Wildman–Crippen MR) is 57.2 cm³/mol. The number of nitrogens with zero attached hydrogens (tertiary/aromatic N) is 2. The van der Waals surface area contributed by atoms with Crippen molar-refractivity contribution < 1.29 is 9.53 Å². The fourth-order valence-electron chi connectivity index (χ4n) is 1.44. The molecule has 0 saturated heterocycles. The summed E-state index contributed by atoms with van der Waals surface area (Å²) in [7, 11) is 5.62. The standard InChI is InChI=1S/C9H8BN3O3/c1-2-16-9(15)5-3-6(10)13-7(5)8(14)11-4-12-13/h3-4H,2H2,1H3,(H,11,12,14). The highest BCUT2D eigenvalue weighted by Crippen LogP contribution is 2.06. The molecule has 0 unspecified atom stereocenters. The van der Waals surface area contributed by atoms with E-state index in [2.05, 4.69) is 10.1 Å². The Kier molecular flexibility index (Phi) is 2.51. The summed E-state index contributed by atoms with van der Waals surface area (Å²) in [4.78, 5) is 25.5. The summed E-state index contributed by atoms with van der Waals surface area (Å²) in [6.45, 7) is 1.91. The number of H-pyrrole nitrogens is 1. The highest BCUT2D eigenvalue weighted by Gasteiger charge is 2.17. The van der Waals surface area contributed by atoms with Crippen molar-refractivity contribution in [1.29, 1.82) is 0 Å². The van der Waals surface area contributed by atoms with Gasteiger partial charge in [-0.15, -0.1) is 0 Å². The summed E-state index contributed by atoms with van der Waals surface area (Å²) in [6, 6.07) is 1.37. The zero-order valence-electron chi connectivity index (χ0n) is 8.56. The van der Waals surface area contributed by atoms with E-state index in [-0.39, 0.29) is 23.3 Å². The monoisotopic (exact) mass is 217 g/mol. The molecule has 0 aliphatic rings. The lowest BCUT2D eigenvalue weighted by Gasteiger charge is -1.99. The summed E-state index contributed by atoms with van der Waals surface area (Å²) in [5.74, 6) is -0.588. The molecule has 2 aromatic rings. The van der Waals surface area contributed by atoms with Crippen LogP contribution in [-0.4, -0.2) is 35.0 Å². The molecule has 2 aromatic heterocycles. The number of carbonyl (C=O) groups excluding carboxylic acids is 1. The minimum atomic E-state index is -0.588. The molecule has 80 valence electrons. The summed E-state index contributed by atoms with van der Waals surface area (Å²) in [6.07, 6.45) is 1.21. The van der Waals surface area contributed by atoms with E-state index in [0.29, 0.717) is 0 Å². The van der Waals surface area contributed by atoms with Crippen molar-refractivity contribution in [2.24, 2.45) is 0 Å². The van der Waals surface area contributed by atoms with Gasteiger partial charge in [0.15, 0.2) is 0 Å². The van der Waals surface area contributed by atoms with Crippen LogP contribution in [0.15, 0.2) is 17.2 Å². The number of esters is 1. The van der Waals surface area contributed by atoms with Gasteiger partial charge in [0, 0.05) is 0 Å². The SMILES string of the molecule is [B]c1cc(C(=O)OCC)c2c(=O)[nH]cnn12. The maximum atomic E-state index is 11.6. The number of ether oxygens (including phenoxy) is 1. The van der Waals surface area contributed by atoms with Crippen LogP contribution in [-0.2, 0) is 4.74 Å². The van der Waals surface area contributed by atoms with Gasteiger partial charge in [-0.3, -0.25) is 4.79 Å². The minimum absolute atomic E-state index is 0.0958. The van der Waals surface area contributed by atoms with E-state index in [9.17, 15) is 9.59 Å². The van der Waals surface area contributed by atoms with Crippen LogP contribution in [0.4, 0.5) is 0 Å². The fraction of sp³-hybridized carbons (Fsp3) is 0.222. The molecule has 0 atom stereocenters. The normalized spacial score (nSPS) is 10.6. The summed E-state index contributed by atoms with van der Waals surface area (Å²) >= 11 is 0. The number of hydrogen-bond donors (Lipinski definition) is 1. The average Bonchev–Trinajstić information content (AvgIpc) is 2.58. The Balaban J connectivity index is 2.71. The van der Waals surface area contributed by atoms with E-state index in [0.717, 1.165) is 0 Å². The van der Waals surface area contributed by atoms with Crippen LogP contribution in [0.3, 0.4) is 0 Å². The smallest absolute Gasteiger partial charge is 0.340 e. The molecule has 2 radical (unpaired) electrons. The van der Waals surface area contributed by atoms with Crippen molar-refractivity contribution in [1.82, 2.24) is 14.6 Å². The van der Waals surface area contributed by atoms with Crippen molar-refractivity contribution in [3.8, 4) is 0 Å². The third-order valence-corrected chi connectivity index (χ3v) is 2.08. The second-order valence-electron chi connectivity index (χ2n) is 3.08. The van der Waals surface area contributed by atoms with E-state index in [4.69, 9.17) is 12.6 Å². The molecule has 2 rings (SSSR count). The van der Waals surface area contributed by atoms with Crippen molar-refractivity contribution in [3.05, 3.63) is 28.3 Å². The molecule has 0 spiro atoms. The van der Waals surface area contributed by atoms with Crippen LogP contribution in [0.25, 0.3) is 5.52 Å². The molecule has 0 aromatic carbocycles. The third-order valence-electron chi connectivity index (χ3n) is 2.08. The van der Waals surface area contributed by atoms with Crippen LogP contribution in [0.5, 0.6) is 0 Å².